The second-order valence-corrected chi connectivity index (χ2v) is 7.07. The first kappa shape index (κ1) is 22.9. The standard InChI is InChI=1S/C23H27N3O4/c1-15-11-19(17(3)26(15)16(2)14-29-5)12-20(13-24)23(28)30-18(4)22(27)25-21-9-7-6-8-10-21/h6-12,16,18H,14H2,1-5H3,(H,25,27)/b20-12+/t16-,18+/m1/s1. The molecule has 1 heterocycles. The number of ether oxygens (including phenoxy) is 2. The summed E-state index contributed by atoms with van der Waals surface area (Å²) < 4.78 is 12.5. The Morgan fingerprint density at radius 1 is 1.23 bits per heavy atom. The minimum atomic E-state index is -1.05. The molecule has 0 aliphatic rings. The number of nitrogens with one attached hydrogen (secondary N) is 1. The summed E-state index contributed by atoms with van der Waals surface area (Å²) in [4.78, 5) is 24.7. The number of hydrogen-bond acceptors (Lipinski definition) is 5. The number of para-hydroxylation sites is 1. The van der Waals surface area contributed by atoms with Crippen molar-refractivity contribution in [1.82, 2.24) is 4.57 Å². The summed E-state index contributed by atoms with van der Waals surface area (Å²) >= 11 is 0. The van der Waals surface area contributed by atoms with Crippen molar-refractivity contribution in [2.75, 3.05) is 19.0 Å². The van der Waals surface area contributed by atoms with Crippen LogP contribution < -0.4 is 5.32 Å². The first-order valence-electron chi connectivity index (χ1n) is 9.64. The van der Waals surface area contributed by atoms with E-state index in [1.807, 2.05) is 39.0 Å². The SMILES string of the molecule is COC[C@@H](C)n1c(C)cc(/C=C(\C#N)C(=O)O[C@@H](C)C(=O)Nc2ccccc2)c1C. The van der Waals surface area contributed by atoms with E-state index in [0.717, 1.165) is 17.0 Å². The molecule has 0 bridgehead atoms. The van der Waals surface area contributed by atoms with E-state index in [-0.39, 0.29) is 11.6 Å². The van der Waals surface area contributed by atoms with Crippen LogP contribution in [0.1, 0.15) is 36.8 Å². The third-order valence-corrected chi connectivity index (χ3v) is 4.71. The van der Waals surface area contributed by atoms with Gasteiger partial charge in [0.15, 0.2) is 6.10 Å². The summed E-state index contributed by atoms with van der Waals surface area (Å²) in [6.07, 6.45) is 0.436. The van der Waals surface area contributed by atoms with E-state index in [1.54, 1.807) is 31.4 Å². The summed E-state index contributed by atoms with van der Waals surface area (Å²) in [5.41, 5.74) is 3.07. The topological polar surface area (TPSA) is 93.3 Å². The number of hydrogen-bond donors (Lipinski definition) is 1. The fourth-order valence-electron chi connectivity index (χ4n) is 3.28. The number of nitriles is 1. The number of amides is 1. The van der Waals surface area contributed by atoms with Crippen molar-refractivity contribution in [3.8, 4) is 6.07 Å². The number of carbonyl (C=O) groups excluding carboxylic acids is 2. The Labute approximate surface area is 176 Å². The highest BCUT2D eigenvalue weighted by Gasteiger charge is 2.22. The number of aryl methyl sites for hydroxylation is 1. The number of esters is 1. The molecule has 0 radical (unpaired) electrons. The molecule has 2 aromatic rings. The van der Waals surface area contributed by atoms with Crippen LogP contribution in [0, 0.1) is 25.2 Å². The molecule has 1 aromatic heterocycles. The van der Waals surface area contributed by atoms with Gasteiger partial charge in [-0.3, -0.25) is 4.79 Å². The van der Waals surface area contributed by atoms with Crippen LogP contribution in [0.4, 0.5) is 5.69 Å². The third kappa shape index (κ3) is 5.58. The predicted molar refractivity (Wildman–Crippen MR) is 115 cm³/mol. The van der Waals surface area contributed by atoms with Gasteiger partial charge in [-0.15, -0.1) is 0 Å². The van der Waals surface area contributed by atoms with Gasteiger partial charge in [-0.25, -0.2) is 4.79 Å². The van der Waals surface area contributed by atoms with Crippen molar-refractivity contribution in [2.24, 2.45) is 0 Å². The van der Waals surface area contributed by atoms with E-state index in [2.05, 4.69) is 9.88 Å². The summed E-state index contributed by atoms with van der Waals surface area (Å²) in [7, 11) is 1.64. The van der Waals surface area contributed by atoms with Crippen LogP contribution in [0.25, 0.3) is 6.08 Å². The van der Waals surface area contributed by atoms with Crippen LogP contribution in [-0.2, 0) is 19.1 Å². The van der Waals surface area contributed by atoms with E-state index in [9.17, 15) is 14.9 Å². The number of rotatable bonds is 8. The fraction of sp³-hybridized carbons (Fsp3) is 0.348. The zero-order valence-corrected chi connectivity index (χ0v) is 17.9. The summed E-state index contributed by atoms with van der Waals surface area (Å²) in [6, 6.07) is 12.7. The molecule has 0 aliphatic carbocycles. The second-order valence-electron chi connectivity index (χ2n) is 7.07. The minimum Gasteiger partial charge on any atom is -0.448 e. The molecule has 158 valence electrons. The Hall–Kier alpha value is -3.37. The normalized spacial score (nSPS) is 13.3. The van der Waals surface area contributed by atoms with Crippen LogP contribution in [-0.4, -0.2) is 36.3 Å². The molecular weight excluding hydrogens is 382 g/mol. The molecule has 2 rings (SSSR count). The van der Waals surface area contributed by atoms with Gasteiger partial charge in [0, 0.05) is 24.2 Å². The van der Waals surface area contributed by atoms with E-state index in [0.29, 0.717) is 12.3 Å². The molecule has 0 saturated carbocycles. The van der Waals surface area contributed by atoms with Crippen molar-refractivity contribution in [2.45, 2.75) is 39.8 Å². The average Bonchev–Trinajstić information content (AvgIpc) is 2.99. The Kier molecular flexibility index (Phi) is 7.96. The maximum Gasteiger partial charge on any atom is 0.349 e. The zero-order valence-electron chi connectivity index (χ0n) is 17.9. The van der Waals surface area contributed by atoms with Crippen LogP contribution in [0.5, 0.6) is 0 Å². The van der Waals surface area contributed by atoms with Gasteiger partial charge in [0.2, 0.25) is 0 Å². The minimum absolute atomic E-state index is 0.108. The molecule has 0 saturated heterocycles. The van der Waals surface area contributed by atoms with E-state index in [4.69, 9.17) is 9.47 Å². The smallest absolute Gasteiger partial charge is 0.349 e. The monoisotopic (exact) mass is 409 g/mol. The number of benzene rings is 1. The van der Waals surface area contributed by atoms with Gasteiger partial charge >= 0.3 is 5.97 Å². The van der Waals surface area contributed by atoms with Gasteiger partial charge in [-0.05, 0) is 57.5 Å². The van der Waals surface area contributed by atoms with Crippen LogP contribution >= 0.6 is 0 Å². The first-order chi connectivity index (χ1) is 14.3. The lowest BCUT2D eigenvalue weighted by atomic mass is 10.1. The highest BCUT2D eigenvalue weighted by Crippen LogP contribution is 2.23. The number of methoxy groups -OCH3 is 1. The molecule has 0 spiro atoms. The number of nitrogens with zero attached hydrogens (tertiary/aromatic N) is 2. The molecule has 7 heteroatoms. The average molecular weight is 409 g/mol. The largest absolute Gasteiger partial charge is 0.448 e. The second kappa shape index (κ2) is 10.4. The van der Waals surface area contributed by atoms with Crippen LogP contribution in [0.2, 0.25) is 0 Å². The number of carbonyl (C=O) groups is 2. The third-order valence-electron chi connectivity index (χ3n) is 4.71. The lowest BCUT2D eigenvalue weighted by Gasteiger charge is -2.17. The summed E-state index contributed by atoms with van der Waals surface area (Å²) in [5, 5.41) is 12.1. The van der Waals surface area contributed by atoms with Gasteiger partial charge in [-0.1, -0.05) is 18.2 Å². The van der Waals surface area contributed by atoms with E-state index >= 15 is 0 Å². The van der Waals surface area contributed by atoms with E-state index < -0.39 is 18.0 Å². The van der Waals surface area contributed by atoms with E-state index in [1.165, 1.54) is 13.0 Å². The molecule has 0 aliphatic heterocycles. The highest BCUT2D eigenvalue weighted by atomic mass is 16.5. The van der Waals surface area contributed by atoms with Gasteiger partial charge in [-0.2, -0.15) is 5.26 Å². The van der Waals surface area contributed by atoms with Crippen molar-refractivity contribution < 1.29 is 19.1 Å². The Bertz CT molecular complexity index is 970. The van der Waals surface area contributed by atoms with Gasteiger partial charge < -0.3 is 19.4 Å². The Balaban J connectivity index is 2.14. The van der Waals surface area contributed by atoms with Gasteiger partial charge in [0.25, 0.3) is 5.91 Å². The Morgan fingerprint density at radius 3 is 2.50 bits per heavy atom. The molecule has 30 heavy (non-hydrogen) atoms. The lowest BCUT2D eigenvalue weighted by Crippen LogP contribution is -2.30. The molecular formula is C23H27N3O4. The molecule has 7 nitrogen and oxygen atoms in total. The van der Waals surface area contributed by atoms with Crippen LogP contribution in [0.3, 0.4) is 0 Å². The molecule has 1 amide bonds. The summed E-state index contributed by atoms with van der Waals surface area (Å²) in [5.74, 6) is -1.32. The zero-order chi connectivity index (χ0) is 22.3. The predicted octanol–water partition coefficient (Wildman–Crippen LogP) is 3.79. The molecule has 0 fully saturated rings. The van der Waals surface area contributed by atoms with Crippen molar-refractivity contribution in [1.29, 1.82) is 5.26 Å². The molecule has 1 N–H and O–H groups in total. The summed E-state index contributed by atoms with van der Waals surface area (Å²) in [6.45, 7) is 7.91. The lowest BCUT2D eigenvalue weighted by molar-refractivity contribution is -0.148. The van der Waals surface area contributed by atoms with Gasteiger partial charge in [0.05, 0.1) is 12.6 Å². The number of aromatic nitrogens is 1. The highest BCUT2D eigenvalue weighted by molar-refractivity contribution is 6.01. The Morgan fingerprint density at radius 2 is 1.90 bits per heavy atom. The fourth-order valence-corrected chi connectivity index (χ4v) is 3.28. The van der Waals surface area contributed by atoms with Crippen molar-refractivity contribution >= 4 is 23.6 Å². The quantitative estimate of drug-likeness (QED) is 0.407. The van der Waals surface area contributed by atoms with Crippen molar-refractivity contribution in [3.63, 3.8) is 0 Å². The maximum absolute atomic E-state index is 12.5. The number of anilines is 1. The maximum atomic E-state index is 12.5. The molecule has 0 unspecified atom stereocenters. The molecule has 1 aromatic carbocycles. The van der Waals surface area contributed by atoms with Crippen LogP contribution in [0.15, 0.2) is 42.0 Å². The van der Waals surface area contributed by atoms with Crippen molar-refractivity contribution in [3.05, 3.63) is 58.9 Å². The first-order valence-corrected chi connectivity index (χ1v) is 9.64. The van der Waals surface area contributed by atoms with Gasteiger partial charge in [0.1, 0.15) is 11.6 Å². The molecule has 2 atom stereocenters.